The number of fused-ring (bicyclic) bond motifs is 1. The lowest BCUT2D eigenvalue weighted by atomic mass is 9.77. The zero-order valence-electron chi connectivity index (χ0n) is 13.1. The molecule has 0 amide bonds. The van der Waals surface area contributed by atoms with E-state index in [1.807, 2.05) is 6.92 Å². The minimum Gasteiger partial charge on any atom is -0.481 e. The molecule has 1 aliphatic carbocycles. The lowest BCUT2D eigenvalue weighted by Gasteiger charge is -2.42. The molecule has 0 spiro atoms. The fraction of sp³-hybridized carbons (Fsp3) is 0.611. The number of carboxylic acid groups (broad SMARTS) is 1. The minimum atomic E-state index is -0.614. The quantitative estimate of drug-likeness (QED) is 0.924. The fourth-order valence-electron chi connectivity index (χ4n) is 4.13. The van der Waals surface area contributed by atoms with Crippen LogP contribution in [-0.4, -0.2) is 29.1 Å². The zero-order valence-corrected chi connectivity index (χ0v) is 13.1. The van der Waals surface area contributed by atoms with Crippen LogP contribution in [0.3, 0.4) is 0 Å². The third-order valence-corrected chi connectivity index (χ3v) is 5.53. The van der Waals surface area contributed by atoms with E-state index >= 15 is 0 Å². The molecule has 0 radical (unpaired) electrons. The molecular weight excluding hydrogens is 262 g/mol. The minimum absolute atomic E-state index is 0.422. The Morgan fingerprint density at radius 1 is 1.48 bits per heavy atom. The molecule has 0 bridgehead atoms. The predicted octanol–water partition coefficient (Wildman–Crippen LogP) is 3.56. The van der Waals surface area contributed by atoms with Crippen LogP contribution >= 0.6 is 0 Å². The second-order valence-electron chi connectivity index (χ2n) is 6.77. The molecule has 1 fully saturated rings. The molecule has 1 aliphatic heterocycles. The van der Waals surface area contributed by atoms with Crippen molar-refractivity contribution in [1.82, 2.24) is 4.90 Å². The number of piperidine rings is 1. The Labute approximate surface area is 127 Å². The van der Waals surface area contributed by atoms with Gasteiger partial charge in [0, 0.05) is 12.6 Å². The number of nitrogens with zero attached hydrogens (tertiary/aromatic N) is 1. The summed E-state index contributed by atoms with van der Waals surface area (Å²) in [5.41, 5.74) is 3.66. The molecule has 2 aliphatic rings. The van der Waals surface area contributed by atoms with Crippen molar-refractivity contribution in [2.75, 3.05) is 13.1 Å². The lowest BCUT2D eigenvalue weighted by Crippen LogP contribution is -2.48. The van der Waals surface area contributed by atoms with E-state index in [0.717, 1.165) is 38.6 Å². The second kappa shape index (κ2) is 5.45. The van der Waals surface area contributed by atoms with Crippen LogP contribution in [-0.2, 0) is 11.2 Å². The Bertz CT molecular complexity index is 554. The van der Waals surface area contributed by atoms with Crippen LogP contribution in [0.4, 0.5) is 0 Å². The highest BCUT2D eigenvalue weighted by atomic mass is 16.4. The van der Waals surface area contributed by atoms with Crippen LogP contribution in [0.5, 0.6) is 0 Å². The van der Waals surface area contributed by atoms with Gasteiger partial charge >= 0.3 is 5.97 Å². The molecule has 1 heterocycles. The Kier molecular flexibility index (Phi) is 3.78. The van der Waals surface area contributed by atoms with Gasteiger partial charge in [-0.25, -0.2) is 0 Å². The summed E-state index contributed by atoms with van der Waals surface area (Å²) in [7, 11) is 0. The van der Waals surface area contributed by atoms with Crippen LogP contribution in [0.15, 0.2) is 18.2 Å². The van der Waals surface area contributed by atoms with Crippen LogP contribution < -0.4 is 0 Å². The molecule has 1 saturated heterocycles. The van der Waals surface area contributed by atoms with Crippen molar-refractivity contribution in [2.45, 2.75) is 52.0 Å². The topological polar surface area (TPSA) is 40.5 Å². The summed E-state index contributed by atoms with van der Waals surface area (Å²) in [6.45, 7) is 5.90. The second-order valence-corrected chi connectivity index (χ2v) is 6.77. The number of hydrogen-bond acceptors (Lipinski definition) is 2. The van der Waals surface area contributed by atoms with E-state index in [1.54, 1.807) is 0 Å². The summed E-state index contributed by atoms with van der Waals surface area (Å²) < 4.78 is 0. The summed E-state index contributed by atoms with van der Waals surface area (Å²) in [4.78, 5) is 14.2. The maximum atomic E-state index is 11.7. The SMILES string of the molecule is CCC1(C(=O)O)CCCN(C2CCc3ccc(C)cc32)C1. The molecule has 0 aromatic heterocycles. The van der Waals surface area contributed by atoms with E-state index in [0.29, 0.717) is 12.6 Å². The van der Waals surface area contributed by atoms with E-state index in [1.165, 1.54) is 16.7 Å². The van der Waals surface area contributed by atoms with Gasteiger partial charge in [0.25, 0.3) is 0 Å². The molecule has 1 aromatic rings. The van der Waals surface area contributed by atoms with E-state index in [-0.39, 0.29) is 0 Å². The first-order chi connectivity index (χ1) is 10.1. The van der Waals surface area contributed by atoms with Crippen molar-refractivity contribution < 1.29 is 9.90 Å². The van der Waals surface area contributed by atoms with Crippen LogP contribution in [0, 0.1) is 12.3 Å². The Morgan fingerprint density at radius 2 is 2.29 bits per heavy atom. The van der Waals surface area contributed by atoms with Crippen LogP contribution in [0.25, 0.3) is 0 Å². The third kappa shape index (κ3) is 2.48. The molecule has 2 unspecified atom stereocenters. The van der Waals surface area contributed by atoms with Gasteiger partial charge in [0.15, 0.2) is 0 Å². The highest BCUT2D eigenvalue weighted by Gasteiger charge is 2.43. The highest BCUT2D eigenvalue weighted by molar-refractivity contribution is 5.75. The molecular formula is C18H25NO2. The van der Waals surface area contributed by atoms with Gasteiger partial charge in [0.05, 0.1) is 5.41 Å². The maximum absolute atomic E-state index is 11.7. The first-order valence-electron chi connectivity index (χ1n) is 8.12. The van der Waals surface area contributed by atoms with E-state index in [9.17, 15) is 9.90 Å². The maximum Gasteiger partial charge on any atom is 0.310 e. The largest absolute Gasteiger partial charge is 0.481 e. The number of hydrogen-bond donors (Lipinski definition) is 1. The van der Waals surface area contributed by atoms with Crippen LogP contribution in [0.2, 0.25) is 0 Å². The first-order valence-corrected chi connectivity index (χ1v) is 8.12. The monoisotopic (exact) mass is 287 g/mol. The summed E-state index contributed by atoms with van der Waals surface area (Å²) in [6, 6.07) is 7.16. The lowest BCUT2D eigenvalue weighted by molar-refractivity contribution is -0.153. The number of aliphatic carboxylic acids is 1. The molecule has 3 nitrogen and oxygen atoms in total. The van der Waals surface area contributed by atoms with Gasteiger partial charge in [-0.3, -0.25) is 9.69 Å². The Morgan fingerprint density at radius 3 is 3.00 bits per heavy atom. The van der Waals surface area contributed by atoms with Gasteiger partial charge in [-0.05, 0) is 56.7 Å². The summed E-state index contributed by atoms with van der Waals surface area (Å²) in [5.74, 6) is -0.614. The molecule has 3 heteroatoms. The van der Waals surface area contributed by atoms with Crippen molar-refractivity contribution in [3.63, 3.8) is 0 Å². The number of benzene rings is 1. The Hall–Kier alpha value is -1.35. The number of rotatable bonds is 3. The van der Waals surface area contributed by atoms with Crippen molar-refractivity contribution in [3.05, 3.63) is 34.9 Å². The molecule has 0 saturated carbocycles. The highest BCUT2D eigenvalue weighted by Crippen LogP contribution is 2.42. The smallest absolute Gasteiger partial charge is 0.310 e. The molecule has 3 rings (SSSR count). The van der Waals surface area contributed by atoms with E-state index < -0.39 is 11.4 Å². The number of carboxylic acids is 1. The Balaban J connectivity index is 1.86. The molecule has 2 atom stereocenters. The molecule has 21 heavy (non-hydrogen) atoms. The van der Waals surface area contributed by atoms with Gasteiger partial charge in [0.2, 0.25) is 0 Å². The molecule has 114 valence electrons. The van der Waals surface area contributed by atoms with Gasteiger partial charge in [-0.2, -0.15) is 0 Å². The van der Waals surface area contributed by atoms with Crippen molar-refractivity contribution in [3.8, 4) is 0 Å². The summed E-state index contributed by atoms with van der Waals surface area (Å²) >= 11 is 0. The van der Waals surface area contributed by atoms with E-state index in [2.05, 4.69) is 30.0 Å². The number of aryl methyl sites for hydroxylation is 2. The van der Waals surface area contributed by atoms with Crippen molar-refractivity contribution in [1.29, 1.82) is 0 Å². The van der Waals surface area contributed by atoms with Gasteiger partial charge < -0.3 is 5.11 Å². The van der Waals surface area contributed by atoms with Gasteiger partial charge in [-0.1, -0.05) is 30.7 Å². The number of carbonyl (C=O) groups is 1. The predicted molar refractivity (Wildman–Crippen MR) is 83.4 cm³/mol. The number of likely N-dealkylation sites (tertiary alicyclic amines) is 1. The zero-order chi connectivity index (χ0) is 15.0. The van der Waals surface area contributed by atoms with Gasteiger partial charge in [0.1, 0.15) is 0 Å². The normalized spacial score (nSPS) is 29.3. The van der Waals surface area contributed by atoms with Crippen LogP contribution in [0.1, 0.15) is 55.3 Å². The summed E-state index contributed by atoms with van der Waals surface area (Å²) in [5, 5.41) is 9.66. The van der Waals surface area contributed by atoms with Gasteiger partial charge in [-0.15, -0.1) is 0 Å². The summed E-state index contributed by atoms with van der Waals surface area (Å²) in [6.07, 6.45) is 4.81. The van der Waals surface area contributed by atoms with E-state index in [4.69, 9.17) is 0 Å². The first kappa shape index (κ1) is 14.6. The van der Waals surface area contributed by atoms with Crippen molar-refractivity contribution in [2.24, 2.45) is 5.41 Å². The standard InChI is InChI=1S/C18H25NO2/c1-3-18(17(20)21)9-4-10-19(12-18)16-8-7-14-6-5-13(2)11-15(14)16/h5-6,11,16H,3-4,7-10,12H2,1-2H3,(H,20,21). The average molecular weight is 287 g/mol. The average Bonchev–Trinajstić information content (AvgIpc) is 2.90. The fourth-order valence-corrected chi connectivity index (χ4v) is 4.13. The van der Waals surface area contributed by atoms with Crippen molar-refractivity contribution >= 4 is 5.97 Å². The molecule has 1 aromatic carbocycles. The molecule has 1 N–H and O–H groups in total. The third-order valence-electron chi connectivity index (χ3n) is 5.53.